The number of aryl methyl sites for hydroxylation is 1. The van der Waals surface area contributed by atoms with Crippen LogP contribution in [0.4, 0.5) is 5.69 Å². The van der Waals surface area contributed by atoms with Crippen molar-refractivity contribution in [3.05, 3.63) is 60.2 Å². The van der Waals surface area contributed by atoms with E-state index in [0.717, 1.165) is 17.7 Å². The summed E-state index contributed by atoms with van der Waals surface area (Å²) >= 11 is 1.33. The van der Waals surface area contributed by atoms with Crippen molar-refractivity contribution < 1.29 is 4.79 Å². The second kappa shape index (κ2) is 7.98. The lowest BCUT2D eigenvalue weighted by Gasteiger charge is -2.16. The van der Waals surface area contributed by atoms with Crippen LogP contribution in [-0.4, -0.2) is 33.9 Å². The Balaban J connectivity index is 1.60. The number of anilines is 1. The second-order valence-corrected chi connectivity index (χ2v) is 6.54. The zero-order valence-electron chi connectivity index (χ0n) is 14.3. The van der Waals surface area contributed by atoms with Gasteiger partial charge in [0.1, 0.15) is 0 Å². The predicted octanol–water partition coefficient (Wildman–Crippen LogP) is 3.79. The van der Waals surface area contributed by atoms with Crippen molar-refractivity contribution in [1.29, 1.82) is 0 Å². The van der Waals surface area contributed by atoms with E-state index in [0.29, 0.717) is 11.0 Å². The molecule has 0 aliphatic carbocycles. The van der Waals surface area contributed by atoms with Gasteiger partial charge in [0.2, 0.25) is 11.1 Å². The minimum Gasteiger partial charge on any atom is -0.315 e. The number of aromatic amines is 1. The molecule has 3 rings (SSSR count). The fourth-order valence-electron chi connectivity index (χ4n) is 2.36. The number of carbonyl (C=O) groups is 1. The van der Waals surface area contributed by atoms with Crippen LogP contribution >= 0.6 is 11.8 Å². The van der Waals surface area contributed by atoms with Crippen LogP contribution < -0.4 is 4.90 Å². The smallest absolute Gasteiger partial charge is 0.237 e. The first kappa shape index (κ1) is 17.2. The Labute approximate surface area is 151 Å². The predicted molar refractivity (Wildman–Crippen MR) is 102 cm³/mol. The molecule has 0 aliphatic heterocycles. The number of hydrogen-bond acceptors (Lipinski definition) is 4. The van der Waals surface area contributed by atoms with Crippen LogP contribution in [0.3, 0.4) is 0 Å². The summed E-state index contributed by atoms with van der Waals surface area (Å²) in [6.07, 6.45) is 1.01. The average Bonchev–Trinajstić information content (AvgIpc) is 3.15. The fraction of sp³-hybridized carbons (Fsp3) is 0.211. The summed E-state index contributed by atoms with van der Waals surface area (Å²) in [6.45, 7) is 2.13. The summed E-state index contributed by atoms with van der Waals surface area (Å²) in [5.41, 5.74) is 3.15. The molecule has 128 valence electrons. The largest absolute Gasteiger partial charge is 0.315 e. The van der Waals surface area contributed by atoms with E-state index in [9.17, 15) is 4.79 Å². The van der Waals surface area contributed by atoms with Gasteiger partial charge in [0.05, 0.1) is 5.75 Å². The van der Waals surface area contributed by atoms with E-state index in [1.165, 1.54) is 17.3 Å². The number of hydrogen-bond donors (Lipinski definition) is 1. The lowest BCUT2D eigenvalue weighted by molar-refractivity contribution is -0.115. The third kappa shape index (κ3) is 4.28. The lowest BCUT2D eigenvalue weighted by Crippen LogP contribution is -2.27. The number of amides is 1. The highest BCUT2D eigenvalue weighted by atomic mass is 32.2. The van der Waals surface area contributed by atoms with E-state index < -0.39 is 0 Å². The molecule has 1 heterocycles. The Bertz CT molecular complexity index is 830. The molecule has 0 bridgehead atoms. The Morgan fingerprint density at radius 3 is 2.52 bits per heavy atom. The number of benzene rings is 2. The van der Waals surface area contributed by atoms with E-state index in [-0.39, 0.29) is 11.7 Å². The molecule has 1 N–H and O–H groups in total. The summed E-state index contributed by atoms with van der Waals surface area (Å²) in [5.74, 6) is 1.01. The first-order chi connectivity index (χ1) is 12.2. The third-order valence-corrected chi connectivity index (χ3v) is 4.77. The summed E-state index contributed by atoms with van der Waals surface area (Å²) in [5, 5.41) is 7.71. The summed E-state index contributed by atoms with van der Waals surface area (Å²) in [7, 11) is 1.77. The number of H-pyrrole nitrogens is 1. The van der Waals surface area contributed by atoms with Gasteiger partial charge >= 0.3 is 0 Å². The minimum absolute atomic E-state index is 0.00912. The molecule has 0 radical (unpaired) electrons. The lowest BCUT2D eigenvalue weighted by atomic mass is 10.1. The normalized spacial score (nSPS) is 10.6. The van der Waals surface area contributed by atoms with Gasteiger partial charge < -0.3 is 4.90 Å². The van der Waals surface area contributed by atoms with Gasteiger partial charge in [0.15, 0.2) is 5.82 Å². The monoisotopic (exact) mass is 352 g/mol. The average molecular weight is 352 g/mol. The molecule has 0 aliphatic rings. The Kier molecular flexibility index (Phi) is 5.50. The van der Waals surface area contributed by atoms with Crippen molar-refractivity contribution in [2.45, 2.75) is 18.5 Å². The molecule has 25 heavy (non-hydrogen) atoms. The number of thioether (sulfide) groups is 1. The SMILES string of the molecule is CCc1ccc(-c2nc(SCC(=O)N(C)c3ccccc3)n[nH]2)cc1. The maximum Gasteiger partial charge on any atom is 0.237 e. The van der Waals surface area contributed by atoms with Gasteiger partial charge in [-0.2, -0.15) is 0 Å². The zero-order valence-corrected chi connectivity index (χ0v) is 15.1. The van der Waals surface area contributed by atoms with E-state index >= 15 is 0 Å². The van der Waals surface area contributed by atoms with Crippen molar-refractivity contribution in [3.8, 4) is 11.4 Å². The molecule has 0 spiro atoms. The van der Waals surface area contributed by atoms with Gasteiger partial charge in [0.25, 0.3) is 0 Å². The molecule has 3 aromatic rings. The Morgan fingerprint density at radius 1 is 1.12 bits per heavy atom. The highest BCUT2D eigenvalue weighted by molar-refractivity contribution is 7.99. The third-order valence-electron chi connectivity index (χ3n) is 3.94. The maximum atomic E-state index is 12.3. The molecular formula is C19H20N4OS. The maximum absolute atomic E-state index is 12.3. The van der Waals surface area contributed by atoms with Gasteiger partial charge in [-0.1, -0.05) is 61.2 Å². The second-order valence-electron chi connectivity index (χ2n) is 5.59. The van der Waals surface area contributed by atoms with Crippen LogP contribution in [0, 0.1) is 0 Å². The Morgan fingerprint density at radius 2 is 1.84 bits per heavy atom. The summed E-state index contributed by atoms with van der Waals surface area (Å²) in [6, 6.07) is 17.8. The van der Waals surface area contributed by atoms with Crippen molar-refractivity contribution >= 4 is 23.4 Å². The van der Waals surface area contributed by atoms with Crippen molar-refractivity contribution in [1.82, 2.24) is 15.2 Å². The number of para-hydroxylation sites is 1. The summed E-state index contributed by atoms with van der Waals surface area (Å²) in [4.78, 5) is 18.4. The van der Waals surface area contributed by atoms with E-state index in [1.807, 2.05) is 42.5 Å². The van der Waals surface area contributed by atoms with E-state index in [2.05, 4.69) is 34.2 Å². The number of nitrogens with zero attached hydrogens (tertiary/aromatic N) is 3. The molecular weight excluding hydrogens is 332 g/mol. The first-order valence-electron chi connectivity index (χ1n) is 8.13. The number of nitrogens with one attached hydrogen (secondary N) is 1. The van der Waals surface area contributed by atoms with Crippen molar-refractivity contribution in [2.24, 2.45) is 0 Å². The molecule has 1 amide bonds. The molecule has 6 heteroatoms. The summed E-state index contributed by atoms with van der Waals surface area (Å²) < 4.78 is 0. The van der Waals surface area contributed by atoms with Gasteiger partial charge in [-0.05, 0) is 24.1 Å². The molecule has 1 aromatic heterocycles. The fourth-order valence-corrected chi connectivity index (χ4v) is 3.07. The van der Waals surface area contributed by atoms with E-state index in [1.54, 1.807) is 11.9 Å². The molecule has 5 nitrogen and oxygen atoms in total. The number of rotatable bonds is 6. The molecule has 0 unspecified atom stereocenters. The van der Waals surface area contributed by atoms with Gasteiger partial charge in [-0.25, -0.2) is 4.98 Å². The van der Waals surface area contributed by atoms with Gasteiger partial charge in [-0.15, -0.1) is 5.10 Å². The van der Waals surface area contributed by atoms with Crippen LogP contribution in [0.1, 0.15) is 12.5 Å². The highest BCUT2D eigenvalue weighted by Gasteiger charge is 2.13. The van der Waals surface area contributed by atoms with Crippen LogP contribution in [0.5, 0.6) is 0 Å². The molecule has 0 saturated carbocycles. The molecule has 0 atom stereocenters. The topological polar surface area (TPSA) is 61.9 Å². The van der Waals surface area contributed by atoms with Crippen molar-refractivity contribution in [2.75, 3.05) is 17.7 Å². The minimum atomic E-state index is 0.00912. The quantitative estimate of drug-likeness (QED) is 0.686. The van der Waals surface area contributed by atoms with Crippen molar-refractivity contribution in [3.63, 3.8) is 0 Å². The standard InChI is InChI=1S/C19H20N4OS/c1-3-14-9-11-15(12-10-14)18-20-19(22-21-18)25-13-17(24)23(2)16-7-5-4-6-8-16/h4-12H,3,13H2,1-2H3,(H,20,21,22). The molecule has 0 fully saturated rings. The Hall–Kier alpha value is -2.60. The van der Waals surface area contributed by atoms with E-state index in [4.69, 9.17) is 0 Å². The zero-order chi connectivity index (χ0) is 17.6. The molecule has 2 aromatic carbocycles. The number of aromatic nitrogens is 3. The van der Waals surface area contributed by atoms with Crippen LogP contribution in [0.2, 0.25) is 0 Å². The van der Waals surface area contributed by atoms with Crippen LogP contribution in [-0.2, 0) is 11.2 Å². The van der Waals surface area contributed by atoms with Crippen LogP contribution in [0.25, 0.3) is 11.4 Å². The first-order valence-corrected chi connectivity index (χ1v) is 9.12. The molecule has 0 saturated heterocycles. The van der Waals surface area contributed by atoms with Gasteiger partial charge in [-0.3, -0.25) is 9.89 Å². The van der Waals surface area contributed by atoms with Gasteiger partial charge in [0, 0.05) is 18.3 Å². The highest BCUT2D eigenvalue weighted by Crippen LogP contribution is 2.21. The number of carbonyl (C=O) groups excluding carboxylic acids is 1. The van der Waals surface area contributed by atoms with Crippen LogP contribution in [0.15, 0.2) is 59.8 Å².